The van der Waals surface area contributed by atoms with Crippen LogP contribution >= 0.6 is 0 Å². The Morgan fingerprint density at radius 3 is 1.39 bits per heavy atom. The summed E-state index contributed by atoms with van der Waals surface area (Å²) in [6.07, 6.45) is 13.1. The number of nitrogens with one attached hydrogen (secondary N) is 2. The van der Waals surface area contributed by atoms with Crippen LogP contribution in [0.2, 0.25) is 0 Å². The standard InChI is InChI=1S/2C26H23N5O.2H2/c2*1-16(2)25-18(14-27)4-3-5-21(25)26(32)30-20-7-6-19-15-29-31(23(19)12-20)24-13-22(24)17-8-10-28-11-9-17;;/h2*3-12,15-16,22,24H,13H2,1-2H3,(H,30,32);2*1H/t2*22-,24+;;/m10../s1. The third-order valence-corrected chi connectivity index (χ3v) is 12.2. The zero-order valence-electron chi connectivity index (χ0n) is 36.0. The maximum absolute atomic E-state index is 13.1. The lowest BCUT2D eigenvalue weighted by molar-refractivity contribution is 0.101. The van der Waals surface area contributed by atoms with Gasteiger partial charge >= 0.3 is 0 Å². The predicted octanol–water partition coefficient (Wildman–Crippen LogP) is 11.3. The Hall–Kier alpha value is -7.96. The number of fused-ring (bicyclic) bond motifs is 2. The molecule has 4 aromatic carbocycles. The number of benzene rings is 4. The third-order valence-electron chi connectivity index (χ3n) is 12.2. The minimum absolute atomic E-state index is 0. The highest BCUT2D eigenvalue weighted by Crippen LogP contribution is 2.53. The summed E-state index contributed by atoms with van der Waals surface area (Å²) < 4.78 is 4.12. The Balaban J connectivity index is 0.000000191. The summed E-state index contributed by atoms with van der Waals surface area (Å²) in [6.45, 7) is 7.97. The predicted molar refractivity (Wildman–Crippen MR) is 251 cm³/mol. The monoisotopic (exact) mass is 846 g/mol. The normalized spacial score (nSPS) is 17.3. The van der Waals surface area contributed by atoms with Crippen LogP contribution in [0.5, 0.6) is 0 Å². The zero-order valence-corrected chi connectivity index (χ0v) is 36.0. The van der Waals surface area contributed by atoms with Crippen molar-refractivity contribution in [1.82, 2.24) is 29.5 Å². The molecule has 2 aliphatic rings. The molecule has 4 atom stereocenters. The van der Waals surface area contributed by atoms with Crippen molar-refractivity contribution in [2.45, 2.75) is 76.3 Å². The average Bonchev–Trinajstić information content (AvgIpc) is 4.22. The van der Waals surface area contributed by atoms with Crippen LogP contribution in [0.3, 0.4) is 0 Å². The Labute approximate surface area is 374 Å². The van der Waals surface area contributed by atoms with Gasteiger partial charge in [0.05, 0.1) is 58.8 Å². The van der Waals surface area contributed by atoms with Crippen molar-refractivity contribution in [2.24, 2.45) is 0 Å². The van der Waals surface area contributed by atoms with E-state index >= 15 is 0 Å². The molecule has 0 unspecified atom stereocenters. The molecule has 10 rings (SSSR count). The van der Waals surface area contributed by atoms with Gasteiger partial charge in [0.15, 0.2) is 0 Å². The van der Waals surface area contributed by atoms with Crippen LogP contribution in [0.25, 0.3) is 21.8 Å². The smallest absolute Gasteiger partial charge is 0.255 e. The summed E-state index contributed by atoms with van der Waals surface area (Å²) in [6, 6.07) is 35.5. The Kier molecular flexibility index (Phi) is 11.3. The summed E-state index contributed by atoms with van der Waals surface area (Å²) in [5.74, 6) is 0.573. The van der Waals surface area contributed by atoms with E-state index in [1.165, 1.54) is 11.1 Å². The number of rotatable bonds is 10. The van der Waals surface area contributed by atoms with Crippen molar-refractivity contribution in [3.63, 3.8) is 0 Å². The second-order valence-corrected chi connectivity index (χ2v) is 17.1. The lowest BCUT2D eigenvalue weighted by Gasteiger charge is -2.14. The summed E-state index contributed by atoms with van der Waals surface area (Å²) >= 11 is 0. The topological polar surface area (TPSA) is 167 Å². The van der Waals surface area contributed by atoms with E-state index in [4.69, 9.17) is 0 Å². The van der Waals surface area contributed by atoms with Gasteiger partial charge in [-0.05, 0) is 132 Å². The lowest BCUT2D eigenvalue weighted by atomic mass is 9.92. The largest absolute Gasteiger partial charge is 0.322 e. The molecule has 0 saturated heterocycles. The summed E-state index contributed by atoms with van der Waals surface area (Å²) in [5, 5.41) is 36.3. The van der Waals surface area contributed by atoms with Crippen molar-refractivity contribution < 1.29 is 12.4 Å². The van der Waals surface area contributed by atoms with E-state index in [0.29, 0.717) is 57.5 Å². The summed E-state index contributed by atoms with van der Waals surface area (Å²) in [5.41, 5.74) is 9.67. The maximum Gasteiger partial charge on any atom is 0.255 e. The van der Waals surface area contributed by atoms with Gasteiger partial charge in [0.25, 0.3) is 11.8 Å². The molecule has 8 aromatic rings. The average molecular weight is 847 g/mol. The number of carbonyl (C=O) groups is 2. The van der Waals surface area contributed by atoms with E-state index < -0.39 is 0 Å². The SMILES string of the molecule is CC(C)c1c(C#N)cccc1C(=O)Nc1ccc2cnn([C@@H]3C[C@H]3c3ccncc3)c2c1.CC(C)c1c(C#N)cccc1C(=O)Nc1ccc2cnn([C@H]3C[C@@H]3c3ccncc3)c2c1.[HH].[HH]. The second kappa shape index (κ2) is 17.4. The molecule has 0 bridgehead atoms. The molecule has 0 aliphatic heterocycles. The van der Waals surface area contributed by atoms with E-state index in [0.717, 1.165) is 45.8 Å². The van der Waals surface area contributed by atoms with Crippen LogP contribution in [-0.2, 0) is 0 Å². The fraction of sp³-hybridized carbons (Fsp3) is 0.231. The van der Waals surface area contributed by atoms with Gasteiger partial charge in [0, 0.05) is 72.8 Å². The molecule has 4 aromatic heterocycles. The van der Waals surface area contributed by atoms with Gasteiger partial charge in [0.2, 0.25) is 0 Å². The molecule has 0 radical (unpaired) electrons. The molecule has 12 heteroatoms. The molecule has 2 amide bonds. The first-order chi connectivity index (χ1) is 31.1. The van der Waals surface area contributed by atoms with Crippen molar-refractivity contribution in [3.05, 3.63) is 179 Å². The van der Waals surface area contributed by atoms with Crippen LogP contribution < -0.4 is 10.6 Å². The number of nitriles is 2. The highest BCUT2D eigenvalue weighted by molar-refractivity contribution is 6.07. The van der Waals surface area contributed by atoms with Gasteiger partial charge in [0.1, 0.15) is 0 Å². The van der Waals surface area contributed by atoms with Crippen molar-refractivity contribution >= 4 is 45.0 Å². The van der Waals surface area contributed by atoms with Crippen molar-refractivity contribution in [1.29, 1.82) is 10.5 Å². The molecule has 4 heterocycles. The summed E-state index contributed by atoms with van der Waals surface area (Å²) in [7, 11) is 0. The van der Waals surface area contributed by atoms with Gasteiger partial charge in [-0.3, -0.25) is 28.9 Å². The van der Waals surface area contributed by atoms with Crippen LogP contribution in [0.15, 0.2) is 134 Å². The number of carbonyl (C=O) groups excluding carboxylic acids is 2. The highest BCUT2D eigenvalue weighted by Gasteiger charge is 2.42. The van der Waals surface area contributed by atoms with Crippen LogP contribution in [0.1, 0.15) is 133 Å². The first kappa shape index (κ1) is 41.4. The van der Waals surface area contributed by atoms with Crippen LogP contribution in [0, 0.1) is 22.7 Å². The molecular weight excluding hydrogens is 797 g/mol. The van der Waals surface area contributed by atoms with Crippen molar-refractivity contribution in [2.75, 3.05) is 10.6 Å². The van der Waals surface area contributed by atoms with Gasteiger partial charge in [-0.2, -0.15) is 20.7 Å². The molecule has 320 valence electrons. The zero-order chi connectivity index (χ0) is 44.5. The minimum atomic E-state index is -0.211. The summed E-state index contributed by atoms with van der Waals surface area (Å²) in [4.78, 5) is 34.4. The van der Waals surface area contributed by atoms with Gasteiger partial charge in [-0.1, -0.05) is 39.8 Å². The molecule has 2 saturated carbocycles. The number of anilines is 2. The minimum Gasteiger partial charge on any atom is -0.322 e. The van der Waals surface area contributed by atoms with Crippen LogP contribution in [-0.4, -0.2) is 41.3 Å². The maximum atomic E-state index is 13.1. The molecule has 64 heavy (non-hydrogen) atoms. The fourth-order valence-electron chi connectivity index (χ4n) is 8.96. The fourth-order valence-corrected chi connectivity index (χ4v) is 8.96. The van der Waals surface area contributed by atoms with E-state index in [1.807, 2.05) is 101 Å². The van der Waals surface area contributed by atoms with E-state index in [-0.39, 0.29) is 26.5 Å². The lowest BCUT2D eigenvalue weighted by Crippen LogP contribution is -2.16. The quantitative estimate of drug-likeness (QED) is 0.137. The second-order valence-electron chi connectivity index (χ2n) is 17.1. The van der Waals surface area contributed by atoms with Crippen LogP contribution in [0.4, 0.5) is 11.4 Å². The number of aromatic nitrogens is 6. The first-order valence-electron chi connectivity index (χ1n) is 21.6. The highest BCUT2D eigenvalue weighted by atomic mass is 16.2. The van der Waals surface area contributed by atoms with E-state index in [9.17, 15) is 20.1 Å². The van der Waals surface area contributed by atoms with Gasteiger partial charge < -0.3 is 10.6 Å². The number of pyridine rings is 2. The molecule has 12 nitrogen and oxygen atoms in total. The number of amides is 2. The molecule has 0 spiro atoms. The van der Waals surface area contributed by atoms with Gasteiger partial charge in [-0.15, -0.1) is 0 Å². The van der Waals surface area contributed by atoms with Gasteiger partial charge in [-0.25, -0.2) is 0 Å². The Morgan fingerprint density at radius 2 is 1.02 bits per heavy atom. The molecule has 2 aliphatic carbocycles. The first-order valence-corrected chi connectivity index (χ1v) is 21.6. The molecule has 2 N–H and O–H groups in total. The number of hydrogen-bond acceptors (Lipinski definition) is 8. The number of nitrogens with zero attached hydrogens (tertiary/aromatic N) is 8. The van der Waals surface area contributed by atoms with Crippen molar-refractivity contribution in [3.8, 4) is 12.1 Å². The Morgan fingerprint density at radius 1 is 0.609 bits per heavy atom. The van der Waals surface area contributed by atoms with E-state index in [1.54, 1.807) is 36.4 Å². The Bertz CT molecular complexity index is 2920. The molecule has 2 fully saturated rings. The molecular formula is C52H50N10O2. The third kappa shape index (κ3) is 8.21. The number of hydrogen-bond donors (Lipinski definition) is 2. The van der Waals surface area contributed by atoms with E-state index in [2.05, 4.69) is 76.6 Å².